The van der Waals surface area contributed by atoms with Crippen LogP contribution in [0.15, 0.2) is 18.2 Å². The predicted octanol–water partition coefficient (Wildman–Crippen LogP) is 2.61. The average molecular weight is 275 g/mol. The number of benzene rings is 1. The minimum Gasteiger partial charge on any atom is -0.508 e. The molecule has 3 rings (SSSR count). The van der Waals surface area contributed by atoms with Gasteiger partial charge in [-0.15, -0.1) is 0 Å². The standard InChI is InChI=1S/C16H21NO3/c1-17(9-13-5-10-2-3-11(13)4-10)16(20)12-6-14(18)8-15(19)7-12/h6-8,10-11,13,18-19H,2-5,9H2,1H3. The third kappa shape index (κ3) is 2.47. The molecule has 0 heterocycles. The van der Waals surface area contributed by atoms with Crippen LogP contribution in [-0.2, 0) is 0 Å². The van der Waals surface area contributed by atoms with Gasteiger partial charge in [-0.25, -0.2) is 0 Å². The number of phenols is 2. The Bertz CT molecular complexity index is 508. The van der Waals surface area contributed by atoms with Crippen molar-refractivity contribution in [3.8, 4) is 11.5 Å². The number of nitrogens with zero attached hydrogens (tertiary/aromatic N) is 1. The number of amides is 1. The van der Waals surface area contributed by atoms with Crippen LogP contribution in [0.5, 0.6) is 11.5 Å². The summed E-state index contributed by atoms with van der Waals surface area (Å²) in [5, 5.41) is 18.9. The molecule has 3 unspecified atom stereocenters. The minimum absolute atomic E-state index is 0.0818. The Morgan fingerprint density at radius 1 is 1.20 bits per heavy atom. The Balaban J connectivity index is 1.67. The lowest BCUT2D eigenvalue weighted by Gasteiger charge is -2.27. The highest BCUT2D eigenvalue weighted by Gasteiger charge is 2.40. The SMILES string of the molecule is CN(CC1CC2CCC1C2)C(=O)c1cc(O)cc(O)c1. The van der Waals surface area contributed by atoms with Crippen LogP contribution in [0, 0.1) is 17.8 Å². The molecule has 2 saturated carbocycles. The molecule has 0 spiro atoms. The van der Waals surface area contributed by atoms with Crippen LogP contribution in [0.25, 0.3) is 0 Å². The molecule has 4 heteroatoms. The van der Waals surface area contributed by atoms with Crippen molar-refractivity contribution in [2.24, 2.45) is 17.8 Å². The number of rotatable bonds is 3. The quantitative estimate of drug-likeness (QED) is 0.891. The third-order valence-corrected chi connectivity index (χ3v) is 4.89. The van der Waals surface area contributed by atoms with Crippen molar-refractivity contribution in [3.05, 3.63) is 23.8 Å². The Kier molecular flexibility index (Phi) is 3.32. The second-order valence-electron chi connectivity index (χ2n) is 6.36. The molecule has 2 bridgehead atoms. The van der Waals surface area contributed by atoms with Crippen molar-refractivity contribution < 1.29 is 15.0 Å². The first-order valence-electron chi connectivity index (χ1n) is 7.31. The number of carbonyl (C=O) groups is 1. The maximum absolute atomic E-state index is 12.3. The number of hydrogen-bond donors (Lipinski definition) is 2. The van der Waals surface area contributed by atoms with Crippen molar-refractivity contribution in [3.63, 3.8) is 0 Å². The fourth-order valence-corrected chi connectivity index (χ4v) is 3.97. The summed E-state index contributed by atoms with van der Waals surface area (Å²) in [6, 6.07) is 4.03. The molecule has 4 nitrogen and oxygen atoms in total. The molecule has 2 N–H and O–H groups in total. The van der Waals surface area contributed by atoms with Crippen LogP contribution in [-0.4, -0.2) is 34.6 Å². The smallest absolute Gasteiger partial charge is 0.253 e. The number of hydrogen-bond acceptors (Lipinski definition) is 3. The van der Waals surface area contributed by atoms with Crippen molar-refractivity contribution in [2.45, 2.75) is 25.7 Å². The number of fused-ring (bicyclic) bond motifs is 2. The normalized spacial score (nSPS) is 27.8. The average Bonchev–Trinajstić information content (AvgIpc) is 2.98. The van der Waals surface area contributed by atoms with E-state index in [-0.39, 0.29) is 17.4 Å². The lowest BCUT2D eigenvalue weighted by molar-refractivity contribution is 0.0753. The van der Waals surface area contributed by atoms with Gasteiger partial charge in [0.2, 0.25) is 0 Å². The van der Waals surface area contributed by atoms with Crippen molar-refractivity contribution in [1.29, 1.82) is 0 Å². The van der Waals surface area contributed by atoms with E-state index in [2.05, 4.69) is 0 Å². The largest absolute Gasteiger partial charge is 0.508 e. The predicted molar refractivity (Wildman–Crippen MR) is 75.7 cm³/mol. The van der Waals surface area contributed by atoms with Gasteiger partial charge >= 0.3 is 0 Å². The van der Waals surface area contributed by atoms with Gasteiger partial charge in [0.25, 0.3) is 5.91 Å². The third-order valence-electron chi connectivity index (χ3n) is 4.89. The van der Waals surface area contributed by atoms with Gasteiger partial charge in [0.1, 0.15) is 11.5 Å². The van der Waals surface area contributed by atoms with Crippen LogP contribution < -0.4 is 0 Å². The van der Waals surface area contributed by atoms with Gasteiger partial charge in [-0.1, -0.05) is 6.42 Å². The van der Waals surface area contributed by atoms with Gasteiger partial charge < -0.3 is 15.1 Å². The Morgan fingerprint density at radius 2 is 1.90 bits per heavy atom. The molecule has 2 aliphatic carbocycles. The summed E-state index contributed by atoms with van der Waals surface area (Å²) in [7, 11) is 1.80. The Hall–Kier alpha value is -1.71. The highest BCUT2D eigenvalue weighted by atomic mass is 16.3. The molecule has 0 radical (unpaired) electrons. The van der Waals surface area contributed by atoms with Crippen molar-refractivity contribution in [2.75, 3.05) is 13.6 Å². The first-order chi connectivity index (χ1) is 9.52. The minimum atomic E-state index is -0.140. The summed E-state index contributed by atoms with van der Waals surface area (Å²) in [5.41, 5.74) is 0.341. The maximum Gasteiger partial charge on any atom is 0.253 e. The zero-order valence-electron chi connectivity index (χ0n) is 11.7. The summed E-state index contributed by atoms with van der Waals surface area (Å²) in [6.45, 7) is 0.774. The second kappa shape index (κ2) is 5.00. The molecule has 0 saturated heterocycles. The molecule has 0 aliphatic heterocycles. The summed E-state index contributed by atoms with van der Waals surface area (Å²) < 4.78 is 0. The van der Waals surface area contributed by atoms with E-state index in [4.69, 9.17) is 0 Å². The first kappa shape index (κ1) is 13.3. The van der Waals surface area contributed by atoms with E-state index in [1.54, 1.807) is 11.9 Å². The molecular weight excluding hydrogens is 254 g/mol. The Morgan fingerprint density at radius 3 is 2.45 bits per heavy atom. The van der Waals surface area contributed by atoms with Crippen LogP contribution in [0.1, 0.15) is 36.0 Å². The first-order valence-corrected chi connectivity index (χ1v) is 7.31. The number of carbonyl (C=O) groups excluding carboxylic acids is 1. The lowest BCUT2D eigenvalue weighted by Crippen LogP contribution is -2.33. The summed E-state index contributed by atoms with van der Waals surface area (Å²) in [5.74, 6) is 1.97. The molecule has 2 aliphatic rings. The summed E-state index contributed by atoms with van der Waals surface area (Å²) in [6.07, 6.45) is 5.25. The van der Waals surface area contributed by atoms with E-state index >= 15 is 0 Å². The van der Waals surface area contributed by atoms with E-state index in [0.717, 1.165) is 18.4 Å². The van der Waals surface area contributed by atoms with Gasteiger partial charge in [0, 0.05) is 25.2 Å². The van der Waals surface area contributed by atoms with E-state index < -0.39 is 0 Å². The molecule has 2 fully saturated rings. The molecule has 1 aromatic carbocycles. The molecule has 20 heavy (non-hydrogen) atoms. The molecule has 3 atom stereocenters. The van der Waals surface area contributed by atoms with Gasteiger partial charge in [-0.3, -0.25) is 4.79 Å². The van der Waals surface area contributed by atoms with Gasteiger partial charge in [-0.05, 0) is 49.1 Å². The Labute approximate surface area is 119 Å². The van der Waals surface area contributed by atoms with Crippen molar-refractivity contribution >= 4 is 5.91 Å². The van der Waals surface area contributed by atoms with Gasteiger partial charge in [0.15, 0.2) is 0 Å². The van der Waals surface area contributed by atoms with E-state index in [1.807, 2.05) is 0 Å². The summed E-state index contributed by atoms with van der Waals surface area (Å²) >= 11 is 0. The van der Waals surface area contributed by atoms with Gasteiger partial charge in [-0.2, -0.15) is 0 Å². The van der Waals surface area contributed by atoms with Crippen LogP contribution in [0.3, 0.4) is 0 Å². The number of aromatic hydroxyl groups is 2. The lowest BCUT2D eigenvalue weighted by atomic mass is 9.88. The fraction of sp³-hybridized carbons (Fsp3) is 0.562. The molecule has 108 valence electrons. The van der Waals surface area contributed by atoms with E-state index in [1.165, 1.54) is 43.9 Å². The summed E-state index contributed by atoms with van der Waals surface area (Å²) in [4.78, 5) is 14.1. The molecule has 1 amide bonds. The topological polar surface area (TPSA) is 60.8 Å². The second-order valence-corrected chi connectivity index (χ2v) is 6.36. The van der Waals surface area contributed by atoms with Crippen LogP contribution in [0.2, 0.25) is 0 Å². The van der Waals surface area contributed by atoms with Crippen LogP contribution in [0.4, 0.5) is 0 Å². The van der Waals surface area contributed by atoms with Crippen LogP contribution >= 0.6 is 0 Å². The van der Waals surface area contributed by atoms with E-state index in [0.29, 0.717) is 11.5 Å². The number of phenolic OH excluding ortho intramolecular Hbond substituents is 2. The zero-order chi connectivity index (χ0) is 14.3. The molecule has 1 aromatic rings. The van der Waals surface area contributed by atoms with E-state index in [9.17, 15) is 15.0 Å². The maximum atomic E-state index is 12.3. The van der Waals surface area contributed by atoms with Gasteiger partial charge in [0.05, 0.1) is 0 Å². The molecule has 0 aromatic heterocycles. The monoisotopic (exact) mass is 275 g/mol. The van der Waals surface area contributed by atoms with Crippen molar-refractivity contribution in [1.82, 2.24) is 4.90 Å². The fourth-order valence-electron chi connectivity index (χ4n) is 3.97. The highest BCUT2D eigenvalue weighted by molar-refractivity contribution is 5.94. The molecular formula is C16H21NO3. The zero-order valence-corrected chi connectivity index (χ0v) is 11.7. The highest BCUT2D eigenvalue weighted by Crippen LogP contribution is 2.48.